The molecule has 0 radical (unpaired) electrons. The van der Waals surface area contributed by atoms with Crippen LogP contribution in [0.1, 0.15) is 6.92 Å². The standard InChI is InChI=1S/C22H21N3O6S/c1-2-25(10-15-11-27-16-5-3-4-6-18(16)30-15)20(26)12-32-22-24-23-21(31-22)14-7-8-17-19(9-14)29-13-28-17/h3-9,15H,2,10-13H2,1H3/t15-/m1/s1. The smallest absolute Gasteiger partial charge is 0.277 e. The molecule has 9 nitrogen and oxygen atoms in total. The molecule has 1 aromatic heterocycles. The van der Waals surface area contributed by atoms with Gasteiger partial charge >= 0.3 is 0 Å². The van der Waals surface area contributed by atoms with E-state index in [2.05, 4.69) is 10.2 Å². The highest BCUT2D eigenvalue weighted by atomic mass is 32.2. The molecule has 1 amide bonds. The minimum atomic E-state index is -0.222. The Morgan fingerprint density at radius 2 is 1.88 bits per heavy atom. The molecule has 166 valence electrons. The average molecular weight is 455 g/mol. The van der Waals surface area contributed by atoms with Gasteiger partial charge in [0.25, 0.3) is 5.22 Å². The first-order chi connectivity index (χ1) is 15.7. The molecule has 0 unspecified atom stereocenters. The molecule has 3 aromatic rings. The molecule has 0 spiro atoms. The van der Waals surface area contributed by atoms with Gasteiger partial charge < -0.3 is 28.3 Å². The van der Waals surface area contributed by atoms with Crippen LogP contribution < -0.4 is 18.9 Å². The number of rotatable bonds is 7. The summed E-state index contributed by atoms with van der Waals surface area (Å²) in [6.07, 6.45) is -0.222. The van der Waals surface area contributed by atoms with Crippen molar-refractivity contribution in [3.05, 3.63) is 42.5 Å². The van der Waals surface area contributed by atoms with E-state index in [0.29, 0.717) is 48.1 Å². The van der Waals surface area contributed by atoms with Gasteiger partial charge in [-0.25, -0.2) is 0 Å². The number of hydrogen-bond donors (Lipinski definition) is 0. The van der Waals surface area contributed by atoms with Gasteiger partial charge in [0, 0.05) is 12.1 Å². The van der Waals surface area contributed by atoms with E-state index in [1.807, 2.05) is 37.3 Å². The maximum Gasteiger partial charge on any atom is 0.277 e. The fourth-order valence-electron chi connectivity index (χ4n) is 3.44. The summed E-state index contributed by atoms with van der Waals surface area (Å²) in [4.78, 5) is 14.5. The van der Waals surface area contributed by atoms with E-state index in [1.54, 1.807) is 17.0 Å². The molecule has 2 aliphatic rings. The SMILES string of the molecule is CCN(C[C@@H]1COc2ccccc2O1)C(=O)CSc1nnc(-c2ccc3c(c2)OCO3)o1. The number of thioether (sulfide) groups is 1. The molecule has 0 saturated carbocycles. The van der Waals surface area contributed by atoms with Crippen LogP contribution in [-0.2, 0) is 4.79 Å². The summed E-state index contributed by atoms with van der Waals surface area (Å²) >= 11 is 1.20. The molecule has 10 heteroatoms. The summed E-state index contributed by atoms with van der Waals surface area (Å²) < 4.78 is 28.1. The molecule has 5 rings (SSSR count). The second-order valence-corrected chi connectivity index (χ2v) is 8.09. The zero-order valence-electron chi connectivity index (χ0n) is 17.4. The molecule has 3 heterocycles. The maximum absolute atomic E-state index is 12.8. The van der Waals surface area contributed by atoms with Crippen LogP contribution in [0.4, 0.5) is 0 Å². The molecule has 0 bridgehead atoms. The summed E-state index contributed by atoms with van der Waals surface area (Å²) in [6.45, 7) is 3.54. The Balaban J connectivity index is 1.16. The van der Waals surface area contributed by atoms with Crippen molar-refractivity contribution in [1.29, 1.82) is 0 Å². The Labute approximate surface area is 188 Å². The fraction of sp³-hybridized carbons (Fsp3) is 0.318. The van der Waals surface area contributed by atoms with Crippen molar-refractivity contribution in [2.75, 3.05) is 32.2 Å². The lowest BCUT2D eigenvalue weighted by Gasteiger charge is -2.30. The number of carbonyl (C=O) groups excluding carboxylic acids is 1. The van der Waals surface area contributed by atoms with Gasteiger partial charge in [0.2, 0.25) is 18.6 Å². The number of aromatic nitrogens is 2. The van der Waals surface area contributed by atoms with Crippen LogP contribution in [0.3, 0.4) is 0 Å². The van der Waals surface area contributed by atoms with Crippen molar-refractivity contribution in [3.63, 3.8) is 0 Å². The van der Waals surface area contributed by atoms with Crippen LogP contribution in [0, 0.1) is 0 Å². The van der Waals surface area contributed by atoms with Crippen LogP contribution in [0.2, 0.25) is 0 Å². The van der Waals surface area contributed by atoms with Gasteiger partial charge in [0.05, 0.1) is 12.3 Å². The average Bonchev–Trinajstić information content (AvgIpc) is 3.50. The van der Waals surface area contributed by atoms with Crippen LogP contribution in [-0.4, -0.2) is 59.4 Å². The number of para-hydroxylation sites is 2. The number of carbonyl (C=O) groups is 1. The van der Waals surface area contributed by atoms with Crippen molar-refractivity contribution in [1.82, 2.24) is 15.1 Å². The van der Waals surface area contributed by atoms with Gasteiger partial charge in [0.1, 0.15) is 6.61 Å². The molecule has 32 heavy (non-hydrogen) atoms. The maximum atomic E-state index is 12.8. The van der Waals surface area contributed by atoms with Crippen molar-refractivity contribution in [2.24, 2.45) is 0 Å². The minimum absolute atomic E-state index is 0.0391. The van der Waals surface area contributed by atoms with Crippen molar-refractivity contribution in [2.45, 2.75) is 18.3 Å². The summed E-state index contributed by atoms with van der Waals surface area (Å²) in [5.74, 6) is 3.25. The molecular formula is C22H21N3O6S. The fourth-order valence-corrected chi connectivity index (χ4v) is 4.10. The summed E-state index contributed by atoms with van der Waals surface area (Å²) in [5.41, 5.74) is 0.727. The van der Waals surface area contributed by atoms with E-state index in [4.69, 9.17) is 23.4 Å². The summed E-state index contributed by atoms with van der Waals surface area (Å²) in [5, 5.41) is 8.44. The Bertz CT molecular complexity index is 1120. The molecule has 2 aromatic carbocycles. The normalized spacial score (nSPS) is 16.1. The van der Waals surface area contributed by atoms with Crippen LogP contribution in [0.5, 0.6) is 23.0 Å². The largest absolute Gasteiger partial charge is 0.486 e. The zero-order valence-corrected chi connectivity index (χ0v) is 18.2. The van der Waals surface area contributed by atoms with E-state index in [1.165, 1.54) is 11.8 Å². The van der Waals surface area contributed by atoms with E-state index in [9.17, 15) is 4.79 Å². The lowest BCUT2D eigenvalue weighted by Crippen LogP contribution is -2.44. The van der Waals surface area contributed by atoms with Gasteiger partial charge in [-0.05, 0) is 37.3 Å². The number of nitrogens with zero attached hydrogens (tertiary/aromatic N) is 3. The topological polar surface area (TPSA) is 96.2 Å². The van der Waals surface area contributed by atoms with Crippen LogP contribution in [0.25, 0.3) is 11.5 Å². The lowest BCUT2D eigenvalue weighted by molar-refractivity contribution is -0.129. The van der Waals surface area contributed by atoms with Gasteiger partial charge in [-0.3, -0.25) is 4.79 Å². The third kappa shape index (κ3) is 4.31. The van der Waals surface area contributed by atoms with Crippen molar-refractivity contribution in [3.8, 4) is 34.5 Å². The van der Waals surface area contributed by atoms with E-state index in [0.717, 1.165) is 11.3 Å². The Morgan fingerprint density at radius 1 is 1.06 bits per heavy atom. The Morgan fingerprint density at radius 3 is 2.75 bits per heavy atom. The quantitative estimate of drug-likeness (QED) is 0.497. The second kappa shape index (κ2) is 8.99. The Hall–Kier alpha value is -3.40. The van der Waals surface area contributed by atoms with Gasteiger partial charge in [-0.2, -0.15) is 0 Å². The van der Waals surface area contributed by atoms with E-state index >= 15 is 0 Å². The highest BCUT2D eigenvalue weighted by Gasteiger charge is 2.25. The second-order valence-electron chi connectivity index (χ2n) is 7.16. The van der Waals surface area contributed by atoms with Crippen molar-refractivity contribution < 1.29 is 28.2 Å². The molecule has 0 saturated heterocycles. The molecule has 0 N–H and O–H groups in total. The predicted octanol–water partition coefficient (Wildman–Crippen LogP) is 3.25. The first-order valence-electron chi connectivity index (χ1n) is 10.2. The summed E-state index contributed by atoms with van der Waals surface area (Å²) in [7, 11) is 0. The van der Waals surface area contributed by atoms with Crippen molar-refractivity contribution >= 4 is 17.7 Å². The highest BCUT2D eigenvalue weighted by Crippen LogP contribution is 2.36. The van der Waals surface area contributed by atoms with Gasteiger partial charge in [-0.1, -0.05) is 23.9 Å². The number of amides is 1. The number of likely N-dealkylation sites (N-methyl/N-ethyl adjacent to an activating group) is 1. The third-order valence-electron chi connectivity index (χ3n) is 5.07. The number of ether oxygens (including phenoxy) is 4. The highest BCUT2D eigenvalue weighted by molar-refractivity contribution is 7.99. The predicted molar refractivity (Wildman–Crippen MR) is 115 cm³/mol. The van der Waals surface area contributed by atoms with Crippen LogP contribution in [0.15, 0.2) is 52.1 Å². The van der Waals surface area contributed by atoms with Gasteiger partial charge in [-0.15, -0.1) is 10.2 Å². The summed E-state index contributed by atoms with van der Waals surface area (Å²) in [6, 6.07) is 12.9. The molecule has 2 aliphatic heterocycles. The molecule has 1 atom stereocenters. The van der Waals surface area contributed by atoms with E-state index < -0.39 is 0 Å². The number of hydrogen-bond acceptors (Lipinski definition) is 9. The molecule has 0 fully saturated rings. The number of benzene rings is 2. The molecular weight excluding hydrogens is 434 g/mol. The van der Waals surface area contributed by atoms with E-state index in [-0.39, 0.29) is 24.6 Å². The third-order valence-corrected chi connectivity index (χ3v) is 5.87. The van der Waals surface area contributed by atoms with Gasteiger partial charge in [0.15, 0.2) is 29.1 Å². The zero-order chi connectivity index (χ0) is 21.9. The lowest BCUT2D eigenvalue weighted by atomic mass is 10.2. The minimum Gasteiger partial charge on any atom is -0.486 e. The first-order valence-corrected chi connectivity index (χ1v) is 11.2. The van der Waals surface area contributed by atoms with Crippen LogP contribution >= 0.6 is 11.8 Å². The monoisotopic (exact) mass is 455 g/mol. The number of fused-ring (bicyclic) bond motifs is 2. The first kappa shape index (κ1) is 20.5. The Kier molecular flexibility index (Phi) is 5.76. The molecule has 0 aliphatic carbocycles.